The van der Waals surface area contributed by atoms with Crippen LogP contribution in [0.2, 0.25) is 0 Å². The van der Waals surface area contributed by atoms with Gasteiger partial charge in [0.2, 0.25) is 0 Å². The van der Waals surface area contributed by atoms with Gasteiger partial charge in [0.1, 0.15) is 0 Å². The van der Waals surface area contributed by atoms with Gasteiger partial charge in [-0.1, -0.05) is 23.8 Å². The molecule has 0 fully saturated rings. The summed E-state index contributed by atoms with van der Waals surface area (Å²) < 4.78 is 1.98. The highest BCUT2D eigenvalue weighted by molar-refractivity contribution is 5.60. The van der Waals surface area contributed by atoms with E-state index in [9.17, 15) is 0 Å². The zero-order valence-electron chi connectivity index (χ0n) is 10.2. The Morgan fingerprint density at radius 1 is 1.17 bits per heavy atom. The summed E-state index contributed by atoms with van der Waals surface area (Å²) in [6.45, 7) is 2.59. The monoisotopic (exact) mass is 238 g/mol. The third-order valence-electron chi connectivity index (χ3n) is 2.99. The zero-order chi connectivity index (χ0) is 12.5. The minimum Gasteiger partial charge on any atom is -0.326 e. The van der Waals surface area contributed by atoms with Crippen LogP contribution in [0.1, 0.15) is 11.1 Å². The molecule has 0 spiro atoms. The molecule has 0 aliphatic heterocycles. The lowest BCUT2D eigenvalue weighted by atomic mass is 10.1. The number of rotatable bonds is 2. The number of hydrogen-bond acceptors (Lipinski definition) is 3. The Morgan fingerprint density at radius 2 is 2.06 bits per heavy atom. The van der Waals surface area contributed by atoms with E-state index in [2.05, 4.69) is 29.3 Å². The predicted molar refractivity (Wildman–Crippen MR) is 71.1 cm³/mol. The Labute approximate surface area is 105 Å². The number of nitrogens with zero attached hydrogens (tertiary/aromatic N) is 3. The summed E-state index contributed by atoms with van der Waals surface area (Å²) in [5, 5.41) is 8.44. The number of nitrogens with two attached hydrogens (primary N) is 1. The molecule has 4 heteroatoms. The van der Waals surface area contributed by atoms with Gasteiger partial charge in [0, 0.05) is 18.3 Å². The molecule has 18 heavy (non-hydrogen) atoms. The first-order chi connectivity index (χ1) is 8.78. The Balaban J connectivity index is 2.18. The molecule has 1 aromatic carbocycles. The van der Waals surface area contributed by atoms with Crippen LogP contribution in [0, 0.1) is 6.92 Å². The molecule has 0 radical (unpaired) electrons. The number of aryl methyl sites for hydroxylation is 1. The van der Waals surface area contributed by atoms with E-state index in [1.54, 1.807) is 0 Å². The van der Waals surface area contributed by atoms with E-state index in [0.29, 0.717) is 6.54 Å². The van der Waals surface area contributed by atoms with E-state index in [4.69, 9.17) is 5.73 Å². The number of fused-ring (bicyclic) bond motifs is 1. The first-order valence-corrected chi connectivity index (χ1v) is 5.89. The molecule has 0 aliphatic carbocycles. The number of aromatic nitrogens is 3. The van der Waals surface area contributed by atoms with E-state index in [0.717, 1.165) is 22.6 Å². The molecule has 0 aliphatic rings. The second-order valence-electron chi connectivity index (χ2n) is 4.36. The fourth-order valence-corrected chi connectivity index (χ4v) is 2.04. The lowest BCUT2D eigenvalue weighted by molar-refractivity contribution is 1.05. The maximum atomic E-state index is 5.62. The topological polar surface area (TPSA) is 56.2 Å². The highest BCUT2D eigenvalue weighted by atomic mass is 15.2. The van der Waals surface area contributed by atoms with Gasteiger partial charge in [0.15, 0.2) is 11.5 Å². The van der Waals surface area contributed by atoms with Crippen LogP contribution < -0.4 is 5.73 Å². The van der Waals surface area contributed by atoms with Crippen molar-refractivity contribution in [2.45, 2.75) is 13.5 Å². The van der Waals surface area contributed by atoms with Crippen LogP contribution in [-0.4, -0.2) is 14.6 Å². The van der Waals surface area contributed by atoms with Gasteiger partial charge < -0.3 is 5.73 Å². The fraction of sp³-hybridized carbons (Fsp3) is 0.143. The van der Waals surface area contributed by atoms with Gasteiger partial charge in [-0.05, 0) is 30.7 Å². The smallest absolute Gasteiger partial charge is 0.168 e. The molecule has 0 bridgehead atoms. The highest BCUT2D eigenvalue weighted by Crippen LogP contribution is 2.19. The van der Waals surface area contributed by atoms with Crippen LogP contribution in [0.25, 0.3) is 17.0 Å². The van der Waals surface area contributed by atoms with Crippen molar-refractivity contribution in [2.24, 2.45) is 5.73 Å². The van der Waals surface area contributed by atoms with Gasteiger partial charge in [-0.25, -0.2) is 0 Å². The molecule has 4 nitrogen and oxygen atoms in total. The van der Waals surface area contributed by atoms with Gasteiger partial charge >= 0.3 is 0 Å². The Bertz CT molecular complexity index is 700. The van der Waals surface area contributed by atoms with Crippen LogP contribution in [-0.2, 0) is 6.54 Å². The van der Waals surface area contributed by atoms with Crippen molar-refractivity contribution < 1.29 is 0 Å². The molecule has 0 saturated heterocycles. The average Bonchev–Trinajstić information content (AvgIpc) is 2.81. The molecule has 2 aromatic heterocycles. The van der Waals surface area contributed by atoms with Crippen molar-refractivity contribution >= 4 is 5.65 Å². The second kappa shape index (κ2) is 4.23. The van der Waals surface area contributed by atoms with Crippen molar-refractivity contribution in [3.05, 3.63) is 53.7 Å². The molecule has 3 aromatic rings. The van der Waals surface area contributed by atoms with Crippen LogP contribution in [0.5, 0.6) is 0 Å². The van der Waals surface area contributed by atoms with E-state index < -0.39 is 0 Å². The van der Waals surface area contributed by atoms with Crippen LogP contribution in [0.15, 0.2) is 42.6 Å². The zero-order valence-corrected chi connectivity index (χ0v) is 10.2. The maximum Gasteiger partial charge on any atom is 0.168 e. The number of hydrogen-bond donors (Lipinski definition) is 1. The quantitative estimate of drug-likeness (QED) is 0.744. The van der Waals surface area contributed by atoms with Crippen molar-refractivity contribution in [2.75, 3.05) is 0 Å². The van der Waals surface area contributed by atoms with E-state index in [1.807, 2.05) is 34.9 Å². The Kier molecular flexibility index (Phi) is 2.57. The summed E-state index contributed by atoms with van der Waals surface area (Å²) in [4.78, 5) is 0. The molecule has 0 saturated carbocycles. The summed E-state index contributed by atoms with van der Waals surface area (Å²) in [6, 6.07) is 12.2. The maximum absolute atomic E-state index is 5.62. The van der Waals surface area contributed by atoms with Crippen molar-refractivity contribution in [3.63, 3.8) is 0 Å². The fourth-order valence-electron chi connectivity index (χ4n) is 2.04. The van der Waals surface area contributed by atoms with Crippen LogP contribution in [0.4, 0.5) is 0 Å². The molecule has 0 unspecified atom stereocenters. The average molecular weight is 238 g/mol. The Hall–Kier alpha value is -2.20. The van der Waals surface area contributed by atoms with Crippen LogP contribution >= 0.6 is 0 Å². The highest BCUT2D eigenvalue weighted by Gasteiger charge is 2.08. The van der Waals surface area contributed by atoms with Crippen LogP contribution in [0.3, 0.4) is 0 Å². The van der Waals surface area contributed by atoms with E-state index in [-0.39, 0.29) is 0 Å². The largest absolute Gasteiger partial charge is 0.326 e. The standard InChI is InChI=1S/C14H14N4/c1-10-3-2-4-12(7-10)14-17-16-13-8-11(9-15)5-6-18(13)14/h2-8H,9,15H2,1H3. The third kappa shape index (κ3) is 1.76. The molecule has 2 N–H and O–H groups in total. The second-order valence-corrected chi connectivity index (χ2v) is 4.36. The van der Waals surface area contributed by atoms with Gasteiger partial charge in [-0.15, -0.1) is 10.2 Å². The summed E-state index contributed by atoms with van der Waals surface area (Å²) in [6.07, 6.45) is 1.97. The normalized spacial score (nSPS) is 11.0. The summed E-state index contributed by atoms with van der Waals surface area (Å²) in [7, 11) is 0. The number of benzene rings is 1. The first kappa shape index (κ1) is 10.9. The molecular weight excluding hydrogens is 224 g/mol. The Morgan fingerprint density at radius 3 is 2.83 bits per heavy atom. The summed E-state index contributed by atoms with van der Waals surface area (Å²) in [5.41, 5.74) is 9.79. The minimum absolute atomic E-state index is 0.517. The van der Waals surface area contributed by atoms with Gasteiger partial charge in [0.25, 0.3) is 0 Å². The summed E-state index contributed by atoms with van der Waals surface area (Å²) >= 11 is 0. The van der Waals surface area contributed by atoms with Gasteiger partial charge in [-0.2, -0.15) is 0 Å². The predicted octanol–water partition coefficient (Wildman–Crippen LogP) is 2.16. The number of pyridine rings is 1. The minimum atomic E-state index is 0.517. The molecule has 0 atom stereocenters. The van der Waals surface area contributed by atoms with Crippen molar-refractivity contribution in [1.29, 1.82) is 0 Å². The SMILES string of the molecule is Cc1cccc(-c2nnc3cc(CN)ccn23)c1. The van der Waals surface area contributed by atoms with Gasteiger partial charge in [0.05, 0.1) is 0 Å². The van der Waals surface area contributed by atoms with Crippen molar-refractivity contribution in [1.82, 2.24) is 14.6 Å². The molecule has 90 valence electrons. The molecule has 3 rings (SSSR count). The van der Waals surface area contributed by atoms with E-state index in [1.165, 1.54) is 5.56 Å². The van der Waals surface area contributed by atoms with E-state index >= 15 is 0 Å². The van der Waals surface area contributed by atoms with Gasteiger partial charge in [-0.3, -0.25) is 4.40 Å². The summed E-state index contributed by atoms with van der Waals surface area (Å²) in [5.74, 6) is 0.859. The van der Waals surface area contributed by atoms with Crippen molar-refractivity contribution in [3.8, 4) is 11.4 Å². The molecule has 2 heterocycles. The first-order valence-electron chi connectivity index (χ1n) is 5.89. The lowest BCUT2D eigenvalue weighted by Crippen LogP contribution is -1.97. The third-order valence-corrected chi connectivity index (χ3v) is 2.99. The molecule has 0 amide bonds. The molecular formula is C14H14N4. The lowest BCUT2D eigenvalue weighted by Gasteiger charge is -2.02.